The van der Waals surface area contributed by atoms with Gasteiger partial charge in [-0.2, -0.15) is 11.3 Å². The van der Waals surface area contributed by atoms with Gasteiger partial charge in [0, 0.05) is 42.6 Å². The molecular formula is C24H25ClN2OS. The summed E-state index contributed by atoms with van der Waals surface area (Å²) in [6, 6.07) is 13.9. The molecule has 0 saturated carbocycles. The van der Waals surface area contributed by atoms with Gasteiger partial charge in [0.2, 0.25) is 0 Å². The quantitative estimate of drug-likeness (QED) is 0.559. The fourth-order valence-corrected chi connectivity index (χ4v) is 4.71. The van der Waals surface area contributed by atoms with Gasteiger partial charge in [-0.1, -0.05) is 35.9 Å². The average molecular weight is 425 g/mol. The van der Waals surface area contributed by atoms with E-state index in [-0.39, 0.29) is 0 Å². The maximum Gasteiger partial charge on any atom is 0.0920 e. The minimum atomic E-state index is -0.742. The number of aromatic nitrogens is 1. The van der Waals surface area contributed by atoms with Crippen LogP contribution in [0.3, 0.4) is 0 Å². The molecule has 1 aromatic carbocycles. The highest BCUT2D eigenvalue weighted by molar-refractivity contribution is 7.08. The Labute approximate surface area is 181 Å². The zero-order valence-corrected chi connectivity index (χ0v) is 17.9. The summed E-state index contributed by atoms with van der Waals surface area (Å²) >= 11 is 7.70. The summed E-state index contributed by atoms with van der Waals surface area (Å²) in [6.45, 7) is 2.78. The lowest BCUT2D eigenvalue weighted by Crippen LogP contribution is -2.42. The van der Waals surface area contributed by atoms with Gasteiger partial charge in [0.05, 0.1) is 5.60 Å². The smallest absolute Gasteiger partial charge is 0.0920 e. The second kappa shape index (κ2) is 9.23. The van der Waals surface area contributed by atoms with Gasteiger partial charge in [-0.15, -0.1) is 0 Å². The minimum Gasteiger partial charge on any atom is -0.385 e. The Bertz CT molecular complexity index is 931. The molecule has 2 aromatic heterocycles. The summed E-state index contributed by atoms with van der Waals surface area (Å²) in [5.41, 5.74) is 3.88. The molecular weight excluding hydrogens is 400 g/mol. The van der Waals surface area contributed by atoms with Crippen molar-refractivity contribution in [2.45, 2.75) is 24.9 Å². The fourth-order valence-electron chi connectivity index (χ4n) is 3.93. The molecule has 3 aromatic rings. The molecule has 0 atom stereocenters. The Kier molecular flexibility index (Phi) is 6.46. The van der Waals surface area contributed by atoms with Gasteiger partial charge in [-0.3, -0.25) is 4.98 Å². The number of piperidine rings is 1. The fraction of sp³-hybridized carbons (Fsp3) is 0.292. The number of aliphatic hydroxyl groups is 1. The first-order chi connectivity index (χ1) is 14.1. The summed E-state index contributed by atoms with van der Waals surface area (Å²) in [5.74, 6) is 0. The van der Waals surface area contributed by atoms with Crippen molar-refractivity contribution in [1.82, 2.24) is 9.88 Å². The summed E-state index contributed by atoms with van der Waals surface area (Å²) < 4.78 is 0. The van der Waals surface area contributed by atoms with E-state index < -0.39 is 5.60 Å². The molecule has 3 heterocycles. The van der Waals surface area contributed by atoms with Crippen LogP contribution in [-0.2, 0) is 5.60 Å². The topological polar surface area (TPSA) is 36.4 Å². The van der Waals surface area contributed by atoms with Gasteiger partial charge in [0.25, 0.3) is 0 Å². The Morgan fingerprint density at radius 1 is 1.14 bits per heavy atom. The van der Waals surface area contributed by atoms with E-state index in [0.717, 1.165) is 50.0 Å². The highest BCUT2D eigenvalue weighted by atomic mass is 35.5. The normalized spacial score (nSPS) is 17.4. The van der Waals surface area contributed by atoms with E-state index >= 15 is 0 Å². The number of hydrogen-bond acceptors (Lipinski definition) is 4. The Morgan fingerprint density at radius 3 is 2.59 bits per heavy atom. The molecule has 0 radical (unpaired) electrons. The molecule has 0 unspecified atom stereocenters. The second-order valence-electron chi connectivity index (χ2n) is 7.54. The number of likely N-dealkylation sites (tertiary alicyclic amines) is 1. The lowest BCUT2D eigenvalue weighted by Gasteiger charge is -2.38. The third-order valence-corrected chi connectivity index (χ3v) is 6.60. The van der Waals surface area contributed by atoms with Crippen LogP contribution in [0.5, 0.6) is 0 Å². The van der Waals surface area contributed by atoms with E-state index in [1.807, 2.05) is 42.7 Å². The molecule has 0 amide bonds. The van der Waals surface area contributed by atoms with E-state index in [9.17, 15) is 5.11 Å². The second-order valence-corrected chi connectivity index (χ2v) is 8.76. The Hall–Kier alpha value is -1.98. The third-order valence-electron chi connectivity index (χ3n) is 5.66. The number of hydrogen-bond donors (Lipinski definition) is 1. The van der Waals surface area contributed by atoms with Crippen molar-refractivity contribution in [3.63, 3.8) is 0 Å². The van der Waals surface area contributed by atoms with Crippen molar-refractivity contribution in [3.05, 3.63) is 93.4 Å². The van der Waals surface area contributed by atoms with Crippen molar-refractivity contribution >= 4 is 28.5 Å². The Balaban J connectivity index is 1.37. The van der Waals surface area contributed by atoms with Crippen LogP contribution in [0.15, 0.2) is 71.7 Å². The first-order valence-corrected chi connectivity index (χ1v) is 11.3. The van der Waals surface area contributed by atoms with Crippen LogP contribution in [0.2, 0.25) is 5.02 Å². The van der Waals surface area contributed by atoms with Crippen LogP contribution in [0, 0.1) is 0 Å². The van der Waals surface area contributed by atoms with Crippen molar-refractivity contribution in [3.8, 4) is 0 Å². The molecule has 1 aliphatic heterocycles. The number of thiophene rings is 1. The number of rotatable bonds is 6. The molecule has 1 aliphatic rings. The van der Waals surface area contributed by atoms with Crippen LogP contribution < -0.4 is 0 Å². The third kappa shape index (κ3) is 4.96. The van der Waals surface area contributed by atoms with Crippen molar-refractivity contribution in [1.29, 1.82) is 0 Å². The van der Waals surface area contributed by atoms with Crippen LogP contribution in [0.1, 0.15) is 36.0 Å². The van der Waals surface area contributed by atoms with Crippen LogP contribution >= 0.6 is 22.9 Å². The van der Waals surface area contributed by atoms with Crippen LogP contribution in [0.4, 0.5) is 0 Å². The molecule has 29 heavy (non-hydrogen) atoms. The SMILES string of the molecule is OC1(c2ccc(Cl)cc2)CCN(CC/C=C(\c2cccnc2)c2ccsc2)CC1. The Morgan fingerprint density at radius 2 is 1.93 bits per heavy atom. The number of benzene rings is 1. The number of nitrogens with zero attached hydrogens (tertiary/aromatic N) is 2. The largest absolute Gasteiger partial charge is 0.385 e. The summed E-state index contributed by atoms with van der Waals surface area (Å²) in [4.78, 5) is 6.72. The van der Waals surface area contributed by atoms with Crippen LogP contribution in [0.25, 0.3) is 5.57 Å². The predicted octanol–water partition coefficient (Wildman–Crippen LogP) is 5.60. The molecule has 1 N–H and O–H groups in total. The molecule has 5 heteroatoms. The monoisotopic (exact) mass is 424 g/mol. The average Bonchev–Trinajstić information content (AvgIpc) is 3.28. The van der Waals surface area contributed by atoms with Gasteiger partial charge in [0.15, 0.2) is 0 Å². The number of halogens is 1. The van der Waals surface area contributed by atoms with E-state index in [4.69, 9.17) is 11.6 Å². The first kappa shape index (κ1) is 20.3. The zero-order chi connectivity index (χ0) is 20.1. The number of pyridine rings is 1. The molecule has 0 aliphatic carbocycles. The highest BCUT2D eigenvalue weighted by Crippen LogP contribution is 2.33. The van der Waals surface area contributed by atoms with Crippen molar-refractivity contribution in [2.75, 3.05) is 19.6 Å². The highest BCUT2D eigenvalue weighted by Gasteiger charge is 2.33. The molecule has 4 rings (SSSR count). The van der Waals surface area contributed by atoms with E-state index in [0.29, 0.717) is 5.02 Å². The van der Waals surface area contributed by atoms with E-state index in [1.165, 1.54) is 11.1 Å². The lowest BCUT2D eigenvalue weighted by atomic mass is 9.84. The summed E-state index contributed by atoms with van der Waals surface area (Å²) in [5, 5.41) is 16.1. The molecule has 0 spiro atoms. The van der Waals surface area contributed by atoms with Gasteiger partial charge >= 0.3 is 0 Å². The first-order valence-electron chi connectivity index (χ1n) is 9.98. The van der Waals surface area contributed by atoms with Crippen molar-refractivity contribution < 1.29 is 5.11 Å². The summed E-state index contributed by atoms with van der Waals surface area (Å²) in [6.07, 6.45) is 8.52. The molecule has 3 nitrogen and oxygen atoms in total. The summed E-state index contributed by atoms with van der Waals surface area (Å²) in [7, 11) is 0. The van der Waals surface area contributed by atoms with Crippen LogP contribution in [-0.4, -0.2) is 34.6 Å². The standard InChI is InChI=1S/C24H25ClN2OS/c25-22-7-5-21(6-8-22)24(28)10-14-27(15-11-24)13-2-4-23(20-9-16-29-18-20)19-3-1-12-26-17-19/h1,3-9,12,16-18,28H,2,10-11,13-15H2/b23-4+. The molecule has 1 saturated heterocycles. The predicted molar refractivity (Wildman–Crippen MR) is 121 cm³/mol. The minimum absolute atomic E-state index is 0.705. The molecule has 150 valence electrons. The maximum atomic E-state index is 11.1. The van der Waals surface area contributed by atoms with E-state index in [1.54, 1.807) is 11.3 Å². The molecule has 0 bridgehead atoms. The zero-order valence-electron chi connectivity index (χ0n) is 16.3. The maximum absolute atomic E-state index is 11.1. The lowest BCUT2D eigenvalue weighted by molar-refractivity contribution is -0.0254. The van der Waals surface area contributed by atoms with Gasteiger partial charge in [0.1, 0.15) is 0 Å². The van der Waals surface area contributed by atoms with Crippen molar-refractivity contribution in [2.24, 2.45) is 0 Å². The molecule has 1 fully saturated rings. The van der Waals surface area contributed by atoms with Gasteiger partial charge < -0.3 is 10.0 Å². The van der Waals surface area contributed by atoms with Gasteiger partial charge in [-0.25, -0.2) is 0 Å². The van der Waals surface area contributed by atoms with E-state index in [2.05, 4.69) is 38.9 Å². The van der Waals surface area contributed by atoms with Gasteiger partial charge in [-0.05, 0) is 71.0 Å².